The van der Waals surface area contributed by atoms with Crippen LogP contribution in [-0.4, -0.2) is 23.8 Å². The van der Waals surface area contributed by atoms with Crippen molar-refractivity contribution in [1.82, 2.24) is 5.32 Å². The first-order valence-electron chi connectivity index (χ1n) is 12.0. The molecule has 0 atom stereocenters. The molecule has 0 aromatic heterocycles. The quantitative estimate of drug-likeness (QED) is 0.395. The minimum Gasteiger partial charge on any atom is -0.366 e. The lowest BCUT2D eigenvalue weighted by molar-refractivity contribution is 0.0921. The van der Waals surface area contributed by atoms with Gasteiger partial charge in [-0.25, -0.2) is 0 Å². The summed E-state index contributed by atoms with van der Waals surface area (Å²) in [5.74, 6) is -0.928. The molecular formula is C25H39N3O3. The zero-order valence-corrected chi connectivity index (χ0v) is 19.0. The van der Waals surface area contributed by atoms with Crippen LogP contribution in [0.1, 0.15) is 121 Å². The molecule has 6 heteroatoms. The minimum atomic E-state index is -0.696. The predicted octanol–water partition coefficient (Wildman–Crippen LogP) is 4.70. The highest BCUT2D eigenvalue weighted by Gasteiger charge is 2.23. The van der Waals surface area contributed by atoms with Crippen LogP contribution >= 0.6 is 0 Å². The summed E-state index contributed by atoms with van der Waals surface area (Å²) >= 11 is 0. The Labute approximate surface area is 186 Å². The average molecular weight is 430 g/mol. The molecule has 6 nitrogen and oxygen atoms in total. The monoisotopic (exact) mass is 429 g/mol. The summed E-state index contributed by atoms with van der Waals surface area (Å²) < 4.78 is 0. The van der Waals surface area contributed by atoms with E-state index in [-0.39, 0.29) is 28.6 Å². The van der Waals surface area contributed by atoms with E-state index in [9.17, 15) is 14.4 Å². The molecule has 0 saturated heterocycles. The number of hydrogen-bond acceptors (Lipinski definition) is 3. The van der Waals surface area contributed by atoms with Crippen molar-refractivity contribution in [2.75, 3.05) is 0 Å². The van der Waals surface area contributed by atoms with Crippen molar-refractivity contribution in [3.8, 4) is 0 Å². The van der Waals surface area contributed by atoms with Crippen molar-refractivity contribution >= 4 is 17.7 Å². The van der Waals surface area contributed by atoms with E-state index >= 15 is 0 Å². The van der Waals surface area contributed by atoms with Gasteiger partial charge in [0.2, 0.25) is 11.8 Å². The van der Waals surface area contributed by atoms with Gasteiger partial charge in [0.05, 0.1) is 0 Å². The second-order valence-corrected chi connectivity index (χ2v) is 8.98. The average Bonchev–Trinajstić information content (AvgIpc) is 2.76. The molecule has 0 radical (unpaired) electrons. The van der Waals surface area contributed by atoms with E-state index in [4.69, 9.17) is 11.5 Å². The van der Waals surface area contributed by atoms with Gasteiger partial charge in [-0.05, 0) is 49.8 Å². The van der Waals surface area contributed by atoms with Crippen molar-refractivity contribution in [2.24, 2.45) is 17.4 Å². The van der Waals surface area contributed by atoms with E-state index in [0.717, 1.165) is 31.6 Å². The number of benzene rings is 1. The molecule has 0 aliphatic heterocycles. The number of nitrogens with two attached hydrogens (primary N) is 2. The van der Waals surface area contributed by atoms with E-state index in [0.29, 0.717) is 0 Å². The van der Waals surface area contributed by atoms with Crippen LogP contribution in [-0.2, 0) is 0 Å². The SMILES string of the molecule is CCCCCCCCCCC1CCC(NC(=O)c2cc(C(N)=O)cc(C(N)=O)c2)CC1. The Morgan fingerprint density at radius 3 is 1.77 bits per heavy atom. The van der Waals surface area contributed by atoms with Gasteiger partial charge in [0.25, 0.3) is 5.91 Å². The summed E-state index contributed by atoms with van der Waals surface area (Å²) in [6.07, 6.45) is 16.3. The Morgan fingerprint density at radius 1 is 0.774 bits per heavy atom. The number of nitrogens with one attached hydrogen (secondary N) is 1. The normalized spacial score (nSPS) is 18.5. The molecule has 1 aliphatic carbocycles. The summed E-state index contributed by atoms with van der Waals surface area (Å²) in [5, 5.41) is 3.05. The third-order valence-corrected chi connectivity index (χ3v) is 6.41. The van der Waals surface area contributed by atoms with E-state index in [1.807, 2.05) is 0 Å². The predicted molar refractivity (Wildman–Crippen MR) is 124 cm³/mol. The molecule has 1 aromatic carbocycles. The van der Waals surface area contributed by atoms with Crippen LogP contribution in [0.3, 0.4) is 0 Å². The van der Waals surface area contributed by atoms with Gasteiger partial charge in [-0.1, -0.05) is 64.7 Å². The van der Waals surface area contributed by atoms with Gasteiger partial charge in [0, 0.05) is 22.7 Å². The van der Waals surface area contributed by atoms with Crippen molar-refractivity contribution in [2.45, 2.75) is 96.4 Å². The number of carbonyl (C=O) groups excluding carboxylic acids is 3. The molecule has 3 amide bonds. The van der Waals surface area contributed by atoms with Crippen LogP contribution in [0.25, 0.3) is 0 Å². The van der Waals surface area contributed by atoms with Gasteiger partial charge >= 0.3 is 0 Å². The van der Waals surface area contributed by atoms with Gasteiger partial charge in [0.15, 0.2) is 0 Å². The first-order chi connectivity index (χ1) is 14.9. The van der Waals surface area contributed by atoms with Crippen molar-refractivity contribution in [3.63, 3.8) is 0 Å². The number of rotatable bonds is 13. The molecule has 31 heavy (non-hydrogen) atoms. The number of carbonyl (C=O) groups is 3. The number of unbranched alkanes of at least 4 members (excludes halogenated alkanes) is 7. The van der Waals surface area contributed by atoms with Gasteiger partial charge < -0.3 is 16.8 Å². The first kappa shape index (κ1) is 24.9. The zero-order valence-electron chi connectivity index (χ0n) is 19.0. The standard InChI is InChI=1S/C25H39N3O3/c1-2-3-4-5-6-7-8-9-10-18-11-13-22(14-12-18)28-25(31)21-16-19(23(26)29)15-20(17-21)24(27)30/h15-18,22H,2-14H2,1H3,(H2,26,29)(H2,27,30)(H,28,31). The third-order valence-electron chi connectivity index (χ3n) is 6.41. The van der Waals surface area contributed by atoms with Crippen molar-refractivity contribution in [3.05, 3.63) is 34.9 Å². The number of amides is 3. The summed E-state index contributed by atoms with van der Waals surface area (Å²) in [6, 6.07) is 4.27. The van der Waals surface area contributed by atoms with Crippen LogP contribution < -0.4 is 16.8 Å². The Bertz CT molecular complexity index is 707. The van der Waals surface area contributed by atoms with Gasteiger partial charge in [0.1, 0.15) is 0 Å². The maximum Gasteiger partial charge on any atom is 0.251 e. The molecule has 0 spiro atoms. The molecule has 0 unspecified atom stereocenters. The molecule has 1 fully saturated rings. The molecule has 1 aromatic rings. The summed E-state index contributed by atoms with van der Waals surface area (Å²) in [4.78, 5) is 35.7. The Hall–Kier alpha value is -2.37. The maximum atomic E-state index is 12.7. The first-order valence-corrected chi connectivity index (χ1v) is 12.0. The molecule has 5 N–H and O–H groups in total. The van der Waals surface area contributed by atoms with Crippen LogP contribution in [0.5, 0.6) is 0 Å². The second-order valence-electron chi connectivity index (χ2n) is 8.98. The Morgan fingerprint density at radius 2 is 1.26 bits per heavy atom. The Kier molecular flexibility index (Phi) is 10.5. The lowest BCUT2D eigenvalue weighted by atomic mass is 9.83. The molecular weight excluding hydrogens is 390 g/mol. The van der Waals surface area contributed by atoms with E-state index in [2.05, 4.69) is 12.2 Å². The van der Waals surface area contributed by atoms with Crippen LogP contribution in [0, 0.1) is 5.92 Å². The summed E-state index contributed by atoms with van der Waals surface area (Å²) in [5.41, 5.74) is 11.1. The molecule has 1 saturated carbocycles. The maximum absolute atomic E-state index is 12.7. The smallest absolute Gasteiger partial charge is 0.251 e. The molecule has 1 aliphatic rings. The lowest BCUT2D eigenvalue weighted by Gasteiger charge is -2.29. The molecule has 0 bridgehead atoms. The van der Waals surface area contributed by atoms with Crippen molar-refractivity contribution < 1.29 is 14.4 Å². The fourth-order valence-corrected chi connectivity index (χ4v) is 4.47. The van der Waals surface area contributed by atoms with E-state index < -0.39 is 11.8 Å². The number of primary amides is 2. The third kappa shape index (κ3) is 8.72. The highest BCUT2D eigenvalue weighted by atomic mass is 16.2. The topological polar surface area (TPSA) is 115 Å². The highest BCUT2D eigenvalue weighted by Crippen LogP contribution is 2.29. The van der Waals surface area contributed by atoms with E-state index in [1.54, 1.807) is 0 Å². The van der Waals surface area contributed by atoms with Crippen molar-refractivity contribution in [1.29, 1.82) is 0 Å². The largest absolute Gasteiger partial charge is 0.366 e. The zero-order chi connectivity index (χ0) is 22.6. The van der Waals surface area contributed by atoms with Gasteiger partial charge in [-0.2, -0.15) is 0 Å². The number of hydrogen-bond donors (Lipinski definition) is 3. The highest BCUT2D eigenvalue weighted by molar-refractivity contribution is 6.03. The minimum absolute atomic E-state index is 0.107. The summed E-state index contributed by atoms with van der Waals surface area (Å²) in [6.45, 7) is 2.25. The van der Waals surface area contributed by atoms with Crippen LogP contribution in [0.4, 0.5) is 0 Å². The lowest BCUT2D eigenvalue weighted by Crippen LogP contribution is -2.37. The van der Waals surface area contributed by atoms with Crippen LogP contribution in [0.15, 0.2) is 18.2 Å². The fourth-order valence-electron chi connectivity index (χ4n) is 4.47. The molecule has 0 heterocycles. The molecule has 172 valence electrons. The molecule has 2 rings (SSSR count). The summed E-state index contributed by atoms with van der Waals surface area (Å²) in [7, 11) is 0. The van der Waals surface area contributed by atoms with Gasteiger partial charge in [-0.15, -0.1) is 0 Å². The Balaban J connectivity index is 1.72. The van der Waals surface area contributed by atoms with Gasteiger partial charge in [-0.3, -0.25) is 14.4 Å². The second kappa shape index (κ2) is 13.1. The van der Waals surface area contributed by atoms with E-state index in [1.165, 1.54) is 76.0 Å². The van der Waals surface area contributed by atoms with Crippen LogP contribution in [0.2, 0.25) is 0 Å². The fraction of sp³-hybridized carbons (Fsp3) is 0.640.